The second-order valence-electron chi connectivity index (χ2n) is 4.86. The molecule has 0 N–H and O–H groups in total. The molecule has 0 aliphatic rings. The molecule has 0 spiro atoms. The van der Waals surface area contributed by atoms with E-state index in [9.17, 15) is 5.26 Å². The lowest BCUT2D eigenvalue weighted by Crippen LogP contribution is -1.95. The van der Waals surface area contributed by atoms with Crippen LogP contribution in [0.2, 0.25) is 0 Å². The van der Waals surface area contributed by atoms with E-state index >= 15 is 0 Å². The fourth-order valence-electron chi connectivity index (χ4n) is 2.30. The van der Waals surface area contributed by atoms with Crippen LogP contribution in [0.25, 0.3) is 11.6 Å². The Morgan fingerprint density at radius 2 is 1.46 bits per heavy atom. The predicted octanol–water partition coefficient (Wildman–Crippen LogP) is 3.79. The van der Waals surface area contributed by atoms with Crippen LogP contribution < -0.4 is 18.9 Å². The zero-order valence-electron chi connectivity index (χ0n) is 14.1. The fraction of sp³-hybridized carbons (Fsp3) is 0.211. The minimum absolute atomic E-state index is 0.514. The van der Waals surface area contributed by atoms with Gasteiger partial charge in [-0.2, -0.15) is 5.26 Å². The van der Waals surface area contributed by atoms with Crippen LogP contribution in [0, 0.1) is 11.3 Å². The Bertz CT molecular complexity index is 748. The molecule has 0 fully saturated rings. The van der Waals surface area contributed by atoms with Gasteiger partial charge in [-0.3, -0.25) is 0 Å². The molecule has 0 radical (unpaired) electrons. The van der Waals surface area contributed by atoms with E-state index in [1.807, 2.05) is 24.3 Å². The van der Waals surface area contributed by atoms with Crippen molar-refractivity contribution in [3.63, 3.8) is 0 Å². The first kappa shape index (κ1) is 17.2. The molecule has 124 valence electrons. The SMILES string of the molecule is COc1ccc(C(C#N)=Cc2cc(OC)c(OC)c(OC)c2)cc1. The van der Waals surface area contributed by atoms with Gasteiger partial charge in [0.15, 0.2) is 11.5 Å². The van der Waals surface area contributed by atoms with Crippen LogP contribution in [0.5, 0.6) is 23.0 Å². The second kappa shape index (κ2) is 7.93. The highest BCUT2D eigenvalue weighted by Crippen LogP contribution is 2.39. The average molecular weight is 325 g/mol. The molecule has 0 amide bonds. The van der Waals surface area contributed by atoms with E-state index in [-0.39, 0.29) is 0 Å². The van der Waals surface area contributed by atoms with Crippen molar-refractivity contribution >= 4 is 11.6 Å². The Morgan fingerprint density at radius 1 is 0.875 bits per heavy atom. The molecule has 2 aromatic carbocycles. The molecule has 2 aromatic rings. The maximum Gasteiger partial charge on any atom is 0.203 e. The number of nitrogens with zero attached hydrogens (tertiary/aromatic N) is 1. The summed E-state index contributed by atoms with van der Waals surface area (Å²) in [5.74, 6) is 2.33. The third kappa shape index (κ3) is 3.61. The van der Waals surface area contributed by atoms with E-state index in [1.54, 1.807) is 46.6 Å². The van der Waals surface area contributed by atoms with Gasteiger partial charge >= 0.3 is 0 Å². The summed E-state index contributed by atoms with van der Waals surface area (Å²) < 4.78 is 21.1. The van der Waals surface area contributed by atoms with Crippen molar-refractivity contribution in [3.05, 3.63) is 47.5 Å². The first-order valence-electron chi connectivity index (χ1n) is 7.23. The zero-order chi connectivity index (χ0) is 17.5. The van der Waals surface area contributed by atoms with Crippen molar-refractivity contribution in [2.75, 3.05) is 28.4 Å². The van der Waals surface area contributed by atoms with Crippen molar-refractivity contribution in [2.24, 2.45) is 0 Å². The van der Waals surface area contributed by atoms with Gasteiger partial charge in [0.05, 0.1) is 40.1 Å². The number of nitriles is 1. The van der Waals surface area contributed by atoms with Gasteiger partial charge < -0.3 is 18.9 Å². The Labute approximate surface area is 141 Å². The van der Waals surface area contributed by atoms with E-state index in [0.717, 1.165) is 16.9 Å². The van der Waals surface area contributed by atoms with E-state index in [0.29, 0.717) is 22.8 Å². The minimum Gasteiger partial charge on any atom is -0.497 e. The first-order chi connectivity index (χ1) is 11.7. The Morgan fingerprint density at radius 3 is 1.88 bits per heavy atom. The zero-order valence-corrected chi connectivity index (χ0v) is 14.1. The molecule has 0 atom stereocenters. The third-order valence-electron chi connectivity index (χ3n) is 3.52. The lowest BCUT2D eigenvalue weighted by atomic mass is 10.0. The summed E-state index contributed by atoms with van der Waals surface area (Å²) in [5.41, 5.74) is 2.09. The van der Waals surface area contributed by atoms with Gasteiger partial charge in [0.1, 0.15) is 5.75 Å². The van der Waals surface area contributed by atoms with Crippen LogP contribution in [0.3, 0.4) is 0 Å². The summed E-state index contributed by atoms with van der Waals surface area (Å²) in [4.78, 5) is 0. The van der Waals surface area contributed by atoms with Gasteiger partial charge in [0.25, 0.3) is 0 Å². The molecule has 5 nitrogen and oxygen atoms in total. The van der Waals surface area contributed by atoms with E-state index in [2.05, 4.69) is 6.07 Å². The van der Waals surface area contributed by atoms with Gasteiger partial charge in [0, 0.05) is 0 Å². The highest BCUT2D eigenvalue weighted by Gasteiger charge is 2.13. The molecule has 0 bridgehead atoms. The predicted molar refractivity (Wildman–Crippen MR) is 92.6 cm³/mol. The lowest BCUT2D eigenvalue weighted by molar-refractivity contribution is 0.324. The molecular formula is C19H19NO4. The van der Waals surface area contributed by atoms with Gasteiger partial charge in [-0.15, -0.1) is 0 Å². The molecule has 0 aromatic heterocycles. The number of benzene rings is 2. The molecule has 0 heterocycles. The van der Waals surface area contributed by atoms with Gasteiger partial charge in [-0.25, -0.2) is 0 Å². The highest BCUT2D eigenvalue weighted by atomic mass is 16.5. The molecule has 2 rings (SSSR count). The smallest absolute Gasteiger partial charge is 0.203 e. The summed E-state index contributed by atoms with van der Waals surface area (Å²) in [6.07, 6.45) is 1.77. The first-order valence-corrected chi connectivity index (χ1v) is 7.23. The fourth-order valence-corrected chi connectivity index (χ4v) is 2.30. The quantitative estimate of drug-likeness (QED) is 0.597. The second-order valence-corrected chi connectivity index (χ2v) is 4.86. The number of rotatable bonds is 6. The van der Waals surface area contributed by atoms with Gasteiger partial charge in [0.2, 0.25) is 5.75 Å². The minimum atomic E-state index is 0.514. The van der Waals surface area contributed by atoms with Crippen LogP contribution in [0.1, 0.15) is 11.1 Å². The average Bonchev–Trinajstić information content (AvgIpc) is 2.65. The summed E-state index contributed by atoms with van der Waals surface area (Å²) in [6.45, 7) is 0. The van der Waals surface area contributed by atoms with Gasteiger partial charge in [-0.1, -0.05) is 0 Å². The van der Waals surface area contributed by atoms with Crippen molar-refractivity contribution in [2.45, 2.75) is 0 Å². The monoisotopic (exact) mass is 325 g/mol. The van der Waals surface area contributed by atoms with Crippen LogP contribution in [0.4, 0.5) is 0 Å². The van der Waals surface area contributed by atoms with Crippen molar-refractivity contribution in [3.8, 4) is 29.1 Å². The number of hydrogen-bond donors (Lipinski definition) is 0. The summed E-state index contributed by atoms with van der Waals surface area (Å²) in [7, 11) is 6.26. The third-order valence-corrected chi connectivity index (χ3v) is 3.52. The standard InChI is InChI=1S/C19H19NO4/c1-21-16-7-5-14(6-8-16)15(12-20)9-13-10-17(22-2)19(24-4)18(11-13)23-3/h5-11H,1-4H3. The number of ether oxygens (including phenoxy) is 4. The van der Waals surface area contributed by atoms with Gasteiger partial charge in [-0.05, 0) is 53.6 Å². The van der Waals surface area contributed by atoms with Crippen molar-refractivity contribution in [1.82, 2.24) is 0 Å². The van der Waals surface area contributed by atoms with E-state index in [1.165, 1.54) is 0 Å². The number of hydrogen-bond acceptors (Lipinski definition) is 5. The summed E-state index contributed by atoms with van der Waals surface area (Å²) in [5, 5.41) is 9.48. The molecular weight excluding hydrogens is 306 g/mol. The maximum absolute atomic E-state index is 9.48. The molecule has 5 heteroatoms. The van der Waals surface area contributed by atoms with Crippen LogP contribution in [-0.2, 0) is 0 Å². The highest BCUT2D eigenvalue weighted by molar-refractivity contribution is 5.90. The van der Waals surface area contributed by atoms with Crippen molar-refractivity contribution < 1.29 is 18.9 Å². The molecule has 24 heavy (non-hydrogen) atoms. The lowest BCUT2D eigenvalue weighted by Gasteiger charge is -2.13. The van der Waals surface area contributed by atoms with Crippen LogP contribution in [-0.4, -0.2) is 28.4 Å². The molecule has 0 saturated carbocycles. The summed E-state index contributed by atoms with van der Waals surface area (Å²) >= 11 is 0. The van der Waals surface area contributed by atoms with Crippen LogP contribution >= 0.6 is 0 Å². The maximum atomic E-state index is 9.48. The van der Waals surface area contributed by atoms with E-state index in [4.69, 9.17) is 18.9 Å². The number of methoxy groups -OCH3 is 4. The molecule has 0 aliphatic carbocycles. The normalized spacial score (nSPS) is 10.7. The number of allylic oxidation sites excluding steroid dienone is 1. The topological polar surface area (TPSA) is 60.7 Å². The Kier molecular flexibility index (Phi) is 5.69. The van der Waals surface area contributed by atoms with Crippen molar-refractivity contribution in [1.29, 1.82) is 5.26 Å². The van der Waals surface area contributed by atoms with E-state index < -0.39 is 0 Å². The Hall–Kier alpha value is -3.13. The molecule has 0 aliphatic heterocycles. The largest absolute Gasteiger partial charge is 0.497 e. The molecule has 0 saturated heterocycles. The molecule has 0 unspecified atom stereocenters. The summed E-state index contributed by atoms with van der Waals surface area (Å²) in [6, 6.07) is 13.1. The Balaban J connectivity index is 2.48. The van der Waals surface area contributed by atoms with Crippen LogP contribution in [0.15, 0.2) is 36.4 Å².